The Morgan fingerprint density at radius 1 is 1.00 bits per heavy atom. The Morgan fingerprint density at radius 3 is 2.38 bits per heavy atom. The Morgan fingerprint density at radius 2 is 1.65 bits per heavy atom. The van der Waals surface area contributed by atoms with E-state index in [-0.39, 0.29) is 0 Å². The lowest BCUT2D eigenvalue weighted by atomic mass is 10.2. The number of morpholine rings is 1. The monoisotopic (exact) mass is 703 g/mol. The Labute approximate surface area is 195 Å². The number of benzene rings is 1. The molecule has 0 aromatic heterocycles. The Hall–Kier alpha value is 1.17. The zero-order valence-corrected chi connectivity index (χ0v) is 20.9. The summed E-state index contributed by atoms with van der Waals surface area (Å²) in [6, 6.07) is 4.01. The highest BCUT2D eigenvalue weighted by Crippen LogP contribution is 2.27. The molecular weight excluding hydrogens is 679 g/mol. The number of nitrogens with zero attached hydrogens (tertiary/aromatic N) is 1. The van der Waals surface area contributed by atoms with Crippen molar-refractivity contribution in [1.29, 1.82) is 0 Å². The van der Waals surface area contributed by atoms with E-state index in [1.807, 2.05) is 6.07 Å². The molecule has 1 fully saturated rings. The van der Waals surface area contributed by atoms with Crippen LogP contribution in [0.15, 0.2) is 12.1 Å². The van der Waals surface area contributed by atoms with Crippen LogP contribution in [0.2, 0.25) is 0 Å². The van der Waals surface area contributed by atoms with Crippen molar-refractivity contribution in [2.24, 2.45) is 0 Å². The molecule has 0 saturated carbocycles. The highest BCUT2D eigenvalue weighted by Gasteiger charge is 2.15. The molecule has 1 aromatic carbocycles. The van der Waals surface area contributed by atoms with Crippen LogP contribution >= 0.6 is 67.8 Å². The minimum atomic E-state index is -0.932. The van der Waals surface area contributed by atoms with Crippen LogP contribution in [-0.4, -0.2) is 75.9 Å². The van der Waals surface area contributed by atoms with Gasteiger partial charge in [0.1, 0.15) is 0 Å². The van der Waals surface area contributed by atoms with Crippen molar-refractivity contribution in [1.82, 2.24) is 4.90 Å². The predicted octanol–water partition coefficient (Wildman–Crippen LogP) is 2.87. The van der Waals surface area contributed by atoms with E-state index >= 15 is 0 Å². The van der Waals surface area contributed by atoms with Gasteiger partial charge in [-0.1, -0.05) is 0 Å². The van der Waals surface area contributed by atoms with Crippen LogP contribution in [0.3, 0.4) is 0 Å². The molecule has 1 unspecified atom stereocenters. The van der Waals surface area contributed by atoms with E-state index in [4.69, 9.17) is 18.9 Å². The lowest BCUT2D eigenvalue weighted by molar-refractivity contribution is -0.117. The summed E-state index contributed by atoms with van der Waals surface area (Å²) in [7, 11) is 0. The van der Waals surface area contributed by atoms with Gasteiger partial charge in [0.15, 0.2) is 6.29 Å². The first-order valence-corrected chi connectivity index (χ1v) is 11.7. The first-order chi connectivity index (χ1) is 12.6. The number of rotatable bonds is 11. The van der Waals surface area contributed by atoms with E-state index in [1.165, 1.54) is 0 Å². The van der Waals surface area contributed by atoms with Gasteiger partial charge in [-0.25, -0.2) is 0 Å². The minimum absolute atomic E-state index is 0.340. The molecule has 0 bridgehead atoms. The van der Waals surface area contributed by atoms with Gasteiger partial charge < -0.3 is 24.1 Å². The maximum Gasteiger partial charge on any atom is 0.182 e. The molecule has 1 aromatic rings. The smallest absolute Gasteiger partial charge is 0.182 e. The molecule has 1 N–H and O–H groups in total. The quantitative estimate of drug-likeness (QED) is 0.166. The highest BCUT2D eigenvalue weighted by atomic mass is 127. The van der Waals surface area contributed by atoms with Gasteiger partial charge in [0.25, 0.3) is 0 Å². The standard InChI is InChI=1S/C17H24I3NO5/c18-13-11-14(16(20)15(19)12-13)17(22)26-10-9-25-8-7-24-6-3-21-1-4-23-5-2-21/h11-12,17,22H,1-10H2. The molecule has 0 amide bonds. The lowest BCUT2D eigenvalue weighted by Gasteiger charge is -2.26. The summed E-state index contributed by atoms with van der Waals surface area (Å²) in [5.74, 6) is 0. The number of hydrogen-bond donors (Lipinski definition) is 1. The van der Waals surface area contributed by atoms with Crippen LogP contribution in [-0.2, 0) is 18.9 Å². The fraction of sp³-hybridized carbons (Fsp3) is 0.647. The molecular formula is C17H24I3NO5. The zero-order valence-electron chi connectivity index (χ0n) is 14.5. The van der Waals surface area contributed by atoms with Gasteiger partial charge in [-0.15, -0.1) is 0 Å². The van der Waals surface area contributed by atoms with Crippen LogP contribution in [0.5, 0.6) is 0 Å². The van der Waals surface area contributed by atoms with Gasteiger partial charge in [-0.05, 0) is 79.9 Å². The van der Waals surface area contributed by atoms with Gasteiger partial charge in [0, 0.05) is 35.9 Å². The third kappa shape index (κ3) is 8.68. The SMILES string of the molecule is OC(OCCOCCOCCN1CCOCC1)c1cc(I)cc(I)c1I. The predicted molar refractivity (Wildman–Crippen MR) is 124 cm³/mol. The molecule has 1 saturated heterocycles. The minimum Gasteiger partial charge on any atom is -0.379 e. The number of halogens is 3. The second-order valence-electron chi connectivity index (χ2n) is 5.69. The van der Waals surface area contributed by atoms with Crippen molar-refractivity contribution < 1.29 is 24.1 Å². The second-order valence-corrected chi connectivity index (χ2v) is 9.18. The average molecular weight is 703 g/mol. The lowest BCUT2D eigenvalue weighted by Crippen LogP contribution is -2.38. The molecule has 9 heteroatoms. The largest absolute Gasteiger partial charge is 0.379 e. The van der Waals surface area contributed by atoms with Crippen molar-refractivity contribution in [2.45, 2.75) is 6.29 Å². The van der Waals surface area contributed by atoms with E-state index in [0.717, 1.165) is 49.1 Å². The van der Waals surface area contributed by atoms with E-state index in [9.17, 15) is 5.11 Å². The van der Waals surface area contributed by atoms with E-state index in [0.29, 0.717) is 33.0 Å². The zero-order chi connectivity index (χ0) is 18.8. The Bertz CT molecular complexity index is 543. The van der Waals surface area contributed by atoms with Crippen molar-refractivity contribution in [3.8, 4) is 0 Å². The summed E-state index contributed by atoms with van der Waals surface area (Å²) in [5.41, 5.74) is 0.799. The fourth-order valence-electron chi connectivity index (χ4n) is 2.40. The second kappa shape index (κ2) is 13.4. The molecule has 6 nitrogen and oxygen atoms in total. The summed E-state index contributed by atoms with van der Waals surface area (Å²) >= 11 is 6.73. The maximum absolute atomic E-state index is 10.2. The van der Waals surface area contributed by atoms with Gasteiger partial charge in [-0.3, -0.25) is 4.90 Å². The summed E-state index contributed by atoms with van der Waals surface area (Å²) in [4.78, 5) is 2.34. The summed E-state index contributed by atoms with van der Waals surface area (Å²) < 4.78 is 25.1. The molecule has 0 spiro atoms. The van der Waals surface area contributed by atoms with Crippen molar-refractivity contribution in [2.75, 3.05) is 65.9 Å². The number of hydrogen-bond acceptors (Lipinski definition) is 6. The third-order valence-electron chi connectivity index (χ3n) is 3.82. The van der Waals surface area contributed by atoms with Crippen LogP contribution in [0.1, 0.15) is 11.9 Å². The van der Waals surface area contributed by atoms with E-state index in [1.54, 1.807) is 0 Å². The summed E-state index contributed by atoms with van der Waals surface area (Å²) in [6.07, 6.45) is -0.932. The van der Waals surface area contributed by atoms with Crippen LogP contribution in [0, 0.1) is 10.7 Å². The molecule has 2 rings (SSSR count). The fourth-order valence-corrected chi connectivity index (χ4v) is 4.87. The molecule has 0 radical (unpaired) electrons. The van der Waals surface area contributed by atoms with Crippen LogP contribution < -0.4 is 0 Å². The van der Waals surface area contributed by atoms with E-state index < -0.39 is 6.29 Å². The van der Waals surface area contributed by atoms with Gasteiger partial charge >= 0.3 is 0 Å². The van der Waals surface area contributed by atoms with Crippen LogP contribution in [0.4, 0.5) is 0 Å². The van der Waals surface area contributed by atoms with Crippen molar-refractivity contribution >= 4 is 67.8 Å². The molecule has 1 aliphatic heterocycles. The molecule has 0 aliphatic carbocycles. The van der Waals surface area contributed by atoms with Gasteiger partial charge in [0.05, 0.1) is 46.2 Å². The van der Waals surface area contributed by atoms with Gasteiger partial charge in [0.2, 0.25) is 0 Å². The van der Waals surface area contributed by atoms with E-state index in [2.05, 4.69) is 78.7 Å². The molecule has 26 heavy (non-hydrogen) atoms. The van der Waals surface area contributed by atoms with Crippen molar-refractivity contribution in [3.05, 3.63) is 28.4 Å². The molecule has 1 heterocycles. The van der Waals surface area contributed by atoms with Crippen molar-refractivity contribution in [3.63, 3.8) is 0 Å². The Balaban J connectivity index is 1.50. The molecule has 1 atom stereocenters. The van der Waals surface area contributed by atoms with Gasteiger partial charge in [-0.2, -0.15) is 0 Å². The molecule has 148 valence electrons. The summed E-state index contributed by atoms with van der Waals surface area (Å²) in [5, 5.41) is 10.2. The third-order valence-corrected chi connectivity index (χ3v) is 7.53. The number of ether oxygens (including phenoxy) is 4. The average Bonchev–Trinajstić information content (AvgIpc) is 2.64. The number of aliphatic hydroxyl groups excluding tert-OH is 1. The first kappa shape index (κ1) is 23.4. The topological polar surface area (TPSA) is 60.4 Å². The first-order valence-electron chi connectivity index (χ1n) is 8.47. The Kier molecular flexibility index (Phi) is 12.1. The maximum atomic E-state index is 10.2. The normalized spacial score (nSPS) is 16.8. The number of aliphatic hydroxyl groups is 1. The highest BCUT2D eigenvalue weighted by molar-refractivity contribution is 14.1. The summed E-state index contributed by atoms with van der Waals surface area (Å²) in [6.45, 7) is 7.12. The van der Waals surface area contributed by atoms with Crippen LogP contribution in [0.25, 0.3) is 0 Å². The molecule has 1 aliphatic rings.